The Morgan fingerprint density at radius 2 is 1.86 bits per heavy atom. The summed E-state index contributed by atoms with van der Waals surface area (Å²) in [6, 6.07) is 8.44. The Kier molecular flexibility index (Phi) is 4.32. The molecule has 3 amide bonds. The van der Waals surface area contributed by atoms with Crippen molar-refractivity contribution in [1.82, 2.24) is 9.59 Å². The molecular formula is C14H16N4O2S. The summed E-state index contributed by atoms with van der Waals surface area (Å²) < 4.78 is 3.71. The van der Waals surface area contributed by atoms with Gasteiger partial charge in [-0.1, -0.05) is 43.5 Å². The first kappa shape index (κ1) is 15.1. The van der Waals surface area contributed by atoms with Gasteiger partial charge in [0, 0.05) is 22.6 Å². The van der Waals surface area contributed by atoms with E-state index in [1.165, 1.54) is 6.20 Å². The van der Waals surface area contributed by atoms with Crippen LogP contribution in [0.15, 0.2) is 36.5 Å². The fraction of sp³-hybridized carbons (Fsp3) is 0.286. The summed E-state index contributed by atoms with van der Waals surface area (Å²) in [5.41, 5.74) is -0.0791. The number of benzene rings is 1. The Labute approximate surface area is 127 Å². The van der Waals surface area contributed by atoms with Crippen LogP contribution in [0.5, 0.6) is 0 Å². The highest BCUT2D eigenvalue weighted by Crippen LogP contribution is 2.26. The van der Waals surface area contributed by atoms with Crippen LogP contribution in [0.4, 0.5) is 15.5 Å². The molecule has 0 saturated heterocycles. The topological polar surface area (TPSA) is 75.2 Å². The normalized spacial score (nSPS) is 11.0. The van der Waals surface area contributed by atoms with Gasteiger partial charge in [0.15, 0.2) is 0 Å². The van der Waals surface area contributed by atoms with Crippen LogP contribution in [0.2, 0.25) is 0 Å². The molecule has 1 N–H and O–H groups in total. The lowest BCUT2D eigenvalue weighted by molar-refractivity contribution is -0.124. The monoisotopic (exact) mass is 304 g/mol. The number of hydrogen-bond donors (Lipinski definition) is 1. The SMILES string of the molecule is CC(C)(C)C(=O)N(C(=O)Nc1ccccc1)c1cnns1. The fourth-order valence-electron chi connectivity index (χ4n) is 1.59. The average Bonchev–Trinajstić information content (AvgIpc) is 2.92. The molecule has 1 heterocycles. The van der Waals surface area contributed by atoms with Crippen LogP contribution in [0.3, 0.4) is 0 Å². The number of urea groups is 1. The molecule has 0 bridgehead atoms. The van der Waals surface area contributed by atoms with Gasteiger partial charge in [-0.15, -0.1) is 5.10 Å². The van der Waals surface area contributed by atoms with Crippen molar-refractivity contribution in [3.8, 4) is 0 Å². The molecule has 6 nitrogen and oxygen atoms in total. The van der Waals surface area contributed by atoms with Crippen molar-refractivity contribution in [2.75, 3.05) is 10.2 Å². The predicted molar refractivity (Wildman–Crippen MR) is 82.3 cm³/mol. The maximum atomic E-state index is 12.5. The lowest BCUT2D eigenvalue weighted by Crippen LogP contribution is -2.45. The van der Waals surface area contributed by atoms with Crippen LogP contribution >= 0.6 is 11.5 Å². The van der Waals surface area contributed by atoms with Gasteiger partial charge in [-0.25, -0.2) is 9.69 Å². The first-order chi connectivity index (χ1) is 9.89. The number of carbonyl (C=O) groups excluding carboxylic acids is 2. The van der Waals surface area contributed by atoms with Gasteiger partial charge < -0.3 is 5.32 Å². The van der Waals surface area contributed by atoms with Gasteiger partial charge in [-0.2, -0.15) is 0 Å². The minimum atomic E-state index is -0.696. The van der Waals surface area contributed by atoms with Crippen molar-refractivity contribution in [1.29, 1.82) is 0 Å². The molecule has 0 saturated carbocycles. The Hall–Kier alpha value is -2.28. The van der Waals surface area contributed by atoms with E-state index in [0.29, 0.717) is 10.7 Å². The lowest BCUT2D eigenvalue weighted by Gasteiger charge is -2.26. The summed E-state index contributed by atoms with van der Waals surface area (Å²) in [5.74, 6) is -0.318. The molecule has 2 rings (SSSR count). The summed E-state index contributed by atoms with van der Waals surface area (Å²) in [7, 11) is 0. The average molecular weight is 304 g/mol. The van der Waals surface area contributed by atoms with Crippen molar-refractivity contribution in [3.63, 3.8) is 0 Å². The number of nitrogens with one attached hydrogen (secondary N) is 1. The van der Waals surface area contributed by atoms with Gasteiger partial charge in [0.1, 0.15) is 5.00 Å². The van der Waals surface area contributed by atoms with Crippen LogP contribution in [0.25, 0.3) is 0 Å². The van der Waals surface area contributed by atoms with E-state index in [-0.39, 0.29) is 5.91 Å². The molecule has 0 radical (unpaired) electrons. The third-order valence-corrected chi connectivity index (χ3v) is 3.29. The quantitative estimate of drug-likeness (QED) is 0.924. The van der Waals surface area contributed by atoms with Gasteiger partial charge in [0.25, 0.3) is 0 Å². The molecule has 0 unspecified atom stereocenters. The predicted octanol–water partition coefficient (Wildman–Crippen LogP) is 3.15. The molecule has 0 aliphatic rings. The number of aromatic nitrogens is 2. The smallest absolute Gasteiger partial charge is 0.307 e. The summed E-state index contributed by atoms with van der Waals surface area (Å²) in [4.78, 5) is 26.0. The second-order valence-corrected chi connectivity index (χ2v) is 6.21. The van der Waals surface area contributed by atoms with Crippen LogP contribution < -0.4 is 10.2 Å². The second kappa shape index (κ2) is 6.01. The first-order valence-electron chi connectivity index (χ1n) is 6.37. The second-order valence-electron chi connectivity index (χ2n) is 5.44. The zero-order valence-electron chi connectivity index (χ0n) is 12.0. The van der Waals surface area contributed by atoms with Crippen LogP contribution in [0, 0.1) is 5.41 Å². The highest BCUT2D eigenvalue weighted by Gasteiger charge is 2.33. The van der Waals surface area contributed by atoms with E-state index in [4.69, 9.17) is 0 Å². The lowest BCUT2D eigenvalue weighted by atomic mass is 9.95. The van der Waals surface area contributed by atoms with Crippen molar-refractivity contribution in [2.24, 2.45) is 5.41 Å². The third kappa shape index (κ3) is 3.63. The Morgan fingerprint density at radius 1 is 1.19 bits per heavy atom. The first-order valence-corrected chi connectivity index (χ1v) is 7.15. The van der Waals surface area contributed by atoms with Crippen molar-refractivity contribution >= 4 is 34.2 Å². The summed E-state index contributed by atoms with van der Waals surface area (Å²) >= 11 is 0.998. The van der Waals surface area contributed by atoms with Crippen LogP contribution in [-0.2, 0) is 4.79 Å². The fourth-order valence-corrected chi connectivity index (χ4v) is 2.11. The van der Waals surface area contributed by atoms with Gasteiger partial charge >= 0.3 is 6.03 Å². The van der Waals surface area contributed by atoms with Gasteiger partial charge in [0.05, 0.1) is 6.20 Å². The van der Waals surface area contributed by atoms with E-state index in [2.05, 4.69) is 14.9 Å². The van der Waals surface area contributed by atoms with E-state index in [1.54, 1.807) is 45.0 Å². The molecule has 0 aliphatic carbocycles. The number of para-hydroxylation sites is 1. The number of amides is 3. The molecule has 0 fully saturated rings. The van der Waals surface area contributed by atoms with E-state index in [0.717, 1.165) is 16.4 Å². The Bertz CT molecular complexity index is 620. The minimum absolute atomic E-state index is 0.318. The van der Waals surface area contributed by atoms with E-state index in [9.17, 15) is 9.59 Å². The van der Waals surface area contributed by atoms with E-state index < -0.39 is 11.4 Å². The molecule has 21 heavy (non-hydrogen) atoms. The molecule has 2 aromatic rings. The number of carbonyl (C=O) groups is 2. The number of hydrogen-bond acceptors (Lipinski definition) is 5. The van der Waals surface area contributed by atoms with Gasteiger partial charge in [0.2, 0.25) is 5.91 Å². The maximum Gasteiger partial charge on any atom is 0.333 e. The van der Waals surface area contributed by atoms with Crippen molar-refractivity contribution < 1.29 is 9.59 Å². The standard InChI is InChI=1S/C14H16N4O2S/c1-14(2,3)12(19)18(11-9-15-17-21-11)13(20)16-10-7-5-4-6-8-10/h4-9H,1-3H3,(H,16,20). The van der Waals surface area contributed by atoms with E-state index in [1.807, 2.05) is 6.07 Å². The highest BCUT2D eigenvalue weighted by molar-refractivity contribution is 7.10. The zero-order chi connectivity index (χ0) is 15.5. The van der Waals surface area contributed by atoms with Crippen molar-refractivity contribution in [2.45, 2.75) is 20.8 Å². The van der Waals surface area contributed by atoms with Crippen molar-refractivity contribution in [3.05, 3.63) is 36.5 Å². The Morgan fingerprint density at radius 3 is 2.38 bits per heavy atom. The maximum absolute atomic E-state index is 12.5. The number of anilines is 2. The summed E-state index contributed by atoms with van der Waals surface area (Å²) in [5, 5.41) is 6.78. The summed E-state index contributed by atoms with van der Waals surface area (Å²) in [6.07, 6.45) is 1.40. The molecule has 0 atom stereocenters. The molecule has 1 aromatic carbocycles. The molecule has 0 spiro atoms. The number of rotatable bonds is 2. The highest BCUT2D eigenvalue weighted by atomic mass is 32.1. The van der Waals surface area contributed by atoms with Gasteiger partial charge in [-0.3, -0.25) is 4.79 Å². The Balaban J connectivity index is 2.28. The van der Waals surface area contributed by atoms with Gasteiger partial charge in [-0.05, 0) is 12.1 Å². The number of nitrogens with zero attached hydrogens (tertiary/aromatic N) is 3. The largest absolute Gasteiger partial charge is 0.333 e. The summed E-state index contributed by atoms with van der Waals surface area (Å²) in [6.45, 7) is 5.27. The van der Waals surface area contributed by atoms with E-state index >= 15 is 0 Å². The number of imide groups is 1. The third-order valence-electron chi connectivity index (χ3n) is 2.64. The molecule has 7 heteroatoms. The zero-order valence-corrected chi connectivity index (χ0v) is 12.8. The van der Waals surface area contributed by atoms with Crippen LogP contribution in [0.1, 0.15) is 20.8 Å². The molecule has 0 aliphatic heterocycles. The minimum Gasteiger partial charge on any atom is -0.307 e. The molecule has 1 aromatic heterocycles. The molecular weight excluding hydrogens is 288 g/mol. The van der Waals surface area contributed by atoms with Crippen LogP contribution in [-0.4, -0.2) is 21.5 Å². The molecule has 110 valence electrons.